The number of halogens is 1. The molecule has 2 aliphatic rings. The average Bonchev–Trinajstić information content (AvgIpc) is 3.20. The molecule has 1 saturated carbocycles. The van der Waals surface area contributed by atoms with Gasteiger partial charge in [-0.1, -0.05) is 11.6 Å². The molecular weight excluding hydrogens is 260 g/mol. The minimum Gasteiger partial charge on any atom is -0.321 e. The van der Waals surface area contributed by atoms with Crippen LogP contribution in [0.4, 0.5) is 0 Å². The van der Waals surface area contributed by atoms with Crippen LogP contribution in [0.1, 0.15) is 31.5 Å². The molecule has 0 spiro atoms. The summed E-state index contributed by atoms with van der Waals surface area (Å²) in [6.07, 6.45) is 7.12. The first-order valence-corrected chi connectivity index (χ1v) is 7.72. The molecule has 1 aromatic heterocycles. The lowest BCUT2D eigenvalue weighted by molar-refractivity contribution is 0.185. The first kappa shape index (κ1) is 13.4. The Labute approximate surface area is 120 Å². The third-order valence-electron chi connectivity index (χ3n) is 4.37. The number of likely N-dealkylation sites (tertiary alicyclic amines) is 1. The van der Waals surface area contributed by atoms with Crippen LogP contribution >= 0.6 is 11.6 Å². The molecule has 0 bridgehead atoms. The summed E-state index contributed by atoms with van der Waals surface area (Å²) in [6, 6.07) is 0.724. The Morgan fingerprint density at radius 3 is 2.63 bits per heavy atom. The molecule has 1 N–H and O–H groups in total. The number of nitrogens with zero attached hydrogens (tertiary/aromatic N) is 3. The Kier molecular flexibility index (Phi) is 4.10. The summed E-state index contributed by atoms with van der Waals surface area (Å²) in [6.45, 7) is 4.47. The van der Waals surface area contributed by atoms with Crippen molar-refractivity contribution in [3.8, 4) is 0 Å². The Hall–Kier alpha value is -0.580. The Bertz CT molecular complexity index is 419. The van der Waals surface area contributed by atoms with Gasteiger partial charge in [0, 0.05) is 26.2 Å². The first-order chi connectivity index (χ1) is 9.22. The summed E-state index contributed by atoms with van der Waals surface area (Å²) >= 11 is 6.02. The van der Waals surface area contributed by atoms with Crippen LogP contribution in [0.2, 0.25) is 5.15 Å². The minimum atomic E-state index is 0.719. The van der Waals surface area contributed by atoms with E-state index in [1.165, 1.54) is 32.2 Å². The Balaban J connectivity index is 1.43. The third-order valence-corrected chi connectivity index (χ3v) is 4.72. The Morgan fingerprint density at radius 1 is 1.32 bits per heavy atom. The number of aromatic nitrogens is 2. The second kappa shape index (κ2) is 5.81. The number of rotatable bonds is 5. The van der Waals surface area contributed by atoms with Gasteiger partial charge in [-0.2, -0.15) is 0 Å². The van der Waals surface area contributed by atoms with E-state index in [0.717, 1.165) is 42.6 Å². The second-order valence-electron chi connectivity index (χ2n) is 5.96. The molecule has 2 heterocycles. The number of imidazole rings is 1. The van der Waals surface area contributed by atoms with E-state index in [4.69, 9.17) is 11.6 Å². The van der Waals surface area contributed by atoms with Crippen molar-refractivity contribution in [3.63, 3.8) is 0 Å². The maximum absolute atomic E-state index is 6.02. The van der Waals surface area contributed by atoms with Gasteiger partial charge in [0.05, 0.1) is 12.7 Å². The summed E-state index contributed by atoms with van der Waals surface area (Å²) in [5.74, 6) is 2.04. The summed E-state index contributed by atoms with van der Waals surface area (Å²) < 4.78 is 1.97. The van der Waals surface area contributed by atoms with Gasteiger partial charge in [-0.15, -0.1) is 0 Å². The van der Waals surface area contributed by atoms with Gasteiger partial charge < -0.3 is 9.88 Å². The largest absolute Gasteiger partial charge is 0.321 e. The monoisotopic (exact) mass is 282 g/mol. The highest BCUT2D eigenvalue weighted by atomic mass is 35.5. The standard InChI is InChI=1S/C14H23ClN4/c1-18-13(15)9-17-14(18)10-19-6-4-12(5-7-19)16-8-11-2-3-11/h9,11-12,16H,2-8,10H2,1H3. The topological polar surface area (TPSA) is 33.1 Å². The molecule has 5 heteroatoms. The van der Waals surface area contributed by atoms with Crippen molar-refractivity contribution in [2.45, 2.75) is 38.3 Å². The second-order valence-corrected chi connectivity index (χ2v) is 6.35. The van der Waals surface area contributed by atoms with Crippen LogP contribution in [-0.2, 0) is 13.6 Å². The van der Waals surface area contributed by atoms with Gasteiger partial charge in [-0.3, -0.25) is 4.90 Å². The van der Waals surface area contributed by atoms with Crippen LogP contribution in [0, 0.1) is 5.92 Å². The molecule has 3 rings (SSSR count). The number of hydrogen-bond donors (Lipinski definition) is 1. The van der Waals surface area contributed by atoms with Crippen molar-refractivity contribution in [3.05, 3.63) is 17.2 Å². The summed E-state index contributed by atoms with van der Waals surface area (Å²) in [4.78, 5) is 6.85. The summed E-state index contributed by atoms with van der Waals surface area (Å²) in [7, 11) is 1.98. The van der Waals surface area contributed by atoms with E-state index in [0.29, 0.717) is 0 Å². The molecule has 0 amide bonds. The lowest BCUT2D eigenvalue weighted by Crippen LogP contribution is -2.43. The molecular formula is C14H23ClN4. The molecule has 1 aromatic rings. The van der Waals surface area contributed by atoms with Gasteiger partial charge in [0.15, 0.2) is 0 Å². The van der Waals surface area contributed by atoms with Gasteiger partial charge in [0.25, 0.3) is 0 Å². The summed E-state index contributed by atoms with van der Waals surface area (Å²) in [5.41, 5.74) is 0. The zero-order valence-electron chi connectivity index (χ0n) is 11.6. The lowest BCUT2D eigenvalue weighted by atomic mass is 10.0. The van der Waals surface area contributed by atoms with E-state index in [2.05, 4.69) is 15.2 Å². The van der Waals surface area contributed by atoms with Gasteiger partial charge >= 0.3 is 0 Å². The molecule has 1 saturated heterocycles. The highest BCUT2D eigenvalue weighted by Gasteiger charge is 2.24. The third kappa shape index (κ3) is 3.50. The predicted molar refractivity (Wildman–Crippen MR) is 77.2 cm³/mol. The average molecular weight is 283 g/mol. The van der Waals surface area contributed by atoms with Gasteiger partial charge in [0.1, 0.15) is 11.0 Å². The molecule has 19 heavy (non-hydrogen) atoms. The van der Waals surface area contributed by atoms with Crippen molar-refractivity contribution in [2.24, 2.45) is 13.0 Å². The Morgan fingerprint density at radius 2 is 2.05 bits per heavy atom. The van der Waals surface area contributed by atoms with Crippen LogP contribution in [0.25, 0.3) is 0 Å². The molecule has 2 fully saturated rings. The van der Waals surface area contributed by atoms with Crippen molar-refractivity contribution in [1.29, 1.82) is 0 Å². The van der Waals surface area contributed by atoms with Crippen molar-refractivity contribution in [2.75, 3.05) is 19.6 Å². The molecule has 0 atom stereocenters. The fourth-order valence-corrected chi connectivity index (χ4v) is 2.87. The number of piperidine rings is 1. The molecule has 0 radical (unpaired) electrons. The SMILES string of the molecule is Cn1c(Cl)cnc1CN1CCC(NCC2CC2)CC1. The molecule has 0 unspecified atom stereocenters. The van der Waals surface area contributed by atoms with Crippen LogP contribution < -0.4 is 5.32 Å². The van der Waals surface area contributed by atoms with Gasteiger partial charge in [-0.05, 0) is 38.1 Å². The highest BCUT2D eigenvalue weighted by Crippen LogP contribution is 2.28. The summed E-state index contributed by atoms with van der Waals surface area (Å²) in [5, 5.41) is 4.43. The fourth-order valence-electron chi connectivity index (χ4n) is 2.72. The molecule has 1 aliphatic heterocycles. The maximum atomic E-state index is 6.02. The molecule has 4 nitrogen and oxygen atoms in total. The van der Waals surface area contributed by atoms with E-state index in [1.807, 2.05) is 11.6 Å². The van der Waals surface area contributed by atoms with E-state index in [1.54, 1.807) is 6.20 Å². The fraction of sp³-hybridized carbons (Fsp3) is 0.786. The van der Waals surface area contributed by atoms with Crippen LogP contribution in [0.3, 0.4) is 0 Å². The van der Waals surface area contributed by atoms with E-state index >= 15 is 0 Å². The smallest absolute Gasteiger partial charge is 0.128 e. The number of nitrogens with one attached hydrogen (secondary N) is 1. The van der Waals surface area contributed by atoms with Crippen molar-refractivity contribution >= 4 is 11.6 Å². The molecule has 1 aliphatic carbocycles. The van der Waals surface area contributed by atoms with E-state index in [9.17, 15) is 0 Å². The predicted octanol–water partition coefficient (Wildman–Crippen LogP) is 2.04. The molecule has 0 aromatic carbocycles. The lowest BCUT2D eigenvalue weighted by Gasteiger charge is -2.32. The van der Waals surface area contributed by atoms with Crippen molar-refractivity contribution < 1.29 is 0 Å². The first-order valence-electron chi connectivity index (χ1n) is 7.34. The zero-order chi connectivity index (χ0) is 13.2. The van der Waals surface area contributed by atoms with Crippen LogP contribution in [0.15, 0.2) is 6.20 Å². The van der Waals surface area contributed by atoms with E-state index < -0.39 is 0 Å². The quantitative estimate of drug-likeness (QED) is 0.897. The highest BCUT2D eigenvalue weighted by molar-refractivity contribution is 6.29. The van der Waals surface area contributed by atoms with Crippen LogP contribution in [0.5, 0.6) is 0 Å². The minimum absolute atomic E-state index is 0.719. The maximum Gasteiger partial charge on any atom is 0.128 e. The molecule has 106 valence electrons. The van der Waals surface area contributed by atoms with Crippen molar-refractivity contribution in [1.82, 2.24) is 19.8 Å². The van der Waals surface area contributed by atoms with Crippen LogP contribution in [-0.4, -0.2) is 40.1 Å². The normalized spacial score (nSPS) is 22.0. The van der Waals surface area contributed by atoms with E-state index in [-0.39, 0.29) is 0 Å². The van der Waals surface area contributed by atoms with Gasteiger partial charge in [0.2, 0.25) is 0 Å². The number of hydrogen-bond acceptors (Lipinski definition) is 3. The zero-order valence-corrected chi connectivity index (χ0v) is 12.4. The van der Waals surface area contributed by atoms with Gasteiger partial charge in [-0.25, -0.2) is 4.98 Å².